The molecule has 1 aliphatic rings. The van der Waals surface area contributed by atoms with Crippen molar-refractivity contribution in [1.29, 1.82) is 0 Å². The van der Waals surface area contributed by atoms with Gasteiger partial charge < -0.3 is 5.32 Å². The molecule has 1 saturated heterocycles. The summed E-state index contributed by atoms with van der Waals surface area (Å²) in [6.45, 7) is 6.55. The molecule has 0 unspecified atom stereocenters. The zero-order valence-electron chi connectivity index (χ0n) is 16.0. The van der Waals surface area contributed by atoms with Gasteiger partial charge in [-0.05, 0) is 62.4 Å². The normalized spacial score (nSPS) is 16.3. The number of anilines is 1. The van der Waals surface area contributed by atoms with E-state index in [1.165, 1.54) is 4.31 Å². The Labute approximate surface area is 161 Å². The number of sulfonamides is 1. The van der Waals surface area contributed by atoms with E-state index < -0.39 is 10.0 Å². The Morgan fingerprint density at radius 1 is 1.00 bits per heavy atom. The van der Waals surface area contributed by atoms with Gasteiger partial charge >= 0.3 is 0 Å². The van der Waals surface area contributed by atoms with Crippen LogP contribution in [0.4, 0.5) is 5.69 Å². The average molecular weight is 387 g/mol. The molecular formula is C21H26N2O3S. The lowest BCUT2D eigenvalue weighted by atomic mass is 9.96. The molecule has 0 atom stereocenters. The van der Waals surface area contributed by atoms with Gasteiger partial charge in [-0.3, -0.25) is 4.79 Å². The summed E-state index contributed by atoms with van der Waals surface area (Å²) in [4.78, 5) is 13.0. The van der Waals surface area contributed by atoms with Crippen LogP contribution in [-0.4, -0.2) is 31.7 Å². The first-order chi connectivity index (χ1) is 12.8. The molecule has 1 heterocycles. The van der Waals surface area contributed by atoms with Crippen molar-refractivity contribution in [2.24, 2.45) is 5.92 Å². The Hall–Kier alpha value is -2.18. The van der Waals surface area contributed by atoms with E-state index in [0.29, 0.717) is 30.8 Å². The van der Waals surface area contributed by atoms with Crippen LogP contribution in [0, 0.1) is 26.7 Å². The van der Waals surface area contributed by atoms with Gasteiger partial charge in [-0.1, -0.05) is 30.3 Å². The number of aryl methyl sites for hydroxylation is 3. The van der Waals surface area contributed by atoms with Crippen LogP contribution in [0.2, 0.25) is 0 Å². The maximum atomic E-state index is 12.8. The van der Waals surface area contributed by atoms with E-state index in [9.17, 15) is 13.2 Å². The quantitative estimate of drug-likeness (QED) is 0.872. The van der Waals surface area contributed by atoms with Gasteiger partial charge in [0.25, 0.3) is 0 Å². The van der Waals surface area contributed by atoms with Gasteiger partial charge in [0.1, 0.15) is 0 Å². The standard InChI is InChI=1S/C21H26N2O3S/c1-15-6-4-9-19(14-15)27(25,26)23-12-10-18(11-13-23)21(24)22-20-16(2)7-5-8-17(20)3/h4-9,14,18H,10-13H2,1-3H3,(H,22,24). The van der Waals surface area contributed by atoms with Gasteiger partial charge in [0.2, 0.25) is 15.9 Å². The fraction of sp³-hybridized carbons (Fsp3) is 0.381. The summed E-state index contributed by atoms with van der Waals surface area (Å²) < 4.78 is 27.1. The summed E-state index contributed by atoms with van der Waals surface area (Å²) >= 11 is 0. The summed E-state index contributed by atoms with van der Waals surface area (Å²) in [6, 6.07) is 12.9. The highest BCUT2D eigenvalue weighted by Gasteiger charge is 2.32. The maximum Gasteiger partial charge on any atom is 0.243 e. The molecule has 1 fully saturated rings. The summed E-state index contributed by atoms with van der Waals surface area (Å²) in [6.07, 6.45) is 1.06. The Bertz CT molecular complexity index is 925. The van der Waals surface area contributed by atoms with E-state index in [4.69, 9.17) is 0 Å². The first-order valence-corrected chi connectivity index (χ1v) is 10.7. The number of carbonyl (C=O) groups is 1. The number of piperidine rings is 1. The van der Waals surface area contributed by atoms with Crippen LogP contribution in [0.25, 0.3) is 0 Å². The Kier molecular flexibility index (Phi) is 5.67. The van der Waals surface area contributed by atoms with Crippen LogP contribution < -0.4 is 5.32 Å². The lowest BCUT2D eigenvalue weighted by Gasteiger charge is -2.30. The minimum absolute atomic E-state index is 0.0278. The summed E-state index contributed by atoms with van der Waals surface area (Å²) in [5.41, 5.74) is 3.84. The molecule has 2 aromatic rings. The first-order valence-electron chi connectivity index (χ1n) is 9.23. The molecule has 2 aromatic carbocycles. The number of carbonyl (C=O) groups excluding carboxylic acids is 1. The van der Waals surface area contributed by atoms with Crippen molar-refractivity contribution in [1.82, 2.24) is 4.31 Å². The van der Waals surface area contributed by atoms with Crippen LogP contribution >= 0.6 is 0 Å². The summed E-state index contributed by atoms with van der Waals surface area (Å²) in [5, 5.41) is 3.03. The third-order valence-corrected chi connectivity index (χ3v) is 7.08. The highest BCUT2D eigenvalue weighted by Crippen LogP contribution is 2.26. The molecule has 0 aromatic heterocycles. The minimum atomic E-state index is -3.50. The van der Waals surface area contributed by atoms with Crippen molar-refractivity contribution >= 4 is 21.6 Å². The Morgan fingerprint density at radius 2 is 1.59 bits per heavy atom. The molecule has 6 heteroatoms. The largest absolute Gasteiger partial charge is 0.325 e. The van der Waals surface area contributed by atoms with Gasteiger partial charge in [-0.15, -0.1) is 0 Å². The summed E-state index contributed by atoms with van der Waals surface area (Å²) in [7, 11) is -3.50. The first kappa shape index (κ1) is 19.6. The van der Waals surface area contributed by atoms with Gasteiger partial charge in [-0.2, -0.15) is 4.31 Å². The van der Waals surface area contributed by atoms with E-state index in [-0.39, 0.29) is 11.8 Å². The van der Waals surface area contributed by atoms with Gasteiger partial charge in [0.05, 0.1) is 4.90 Å². The zero-order valence-corrected chi connectivity index (χ0v) is 16.8. The molecule has 0 radical (unpaired) electrons. The molecule has 1 amide bonds. The van der Waals surface area contributed by atoms with Crippen molar-refractivity contribution in [3.05, 3.63) is 59.2 Å². The topological polar surface area (TPSA) is 66.5 Å². The molecule has 1 aliphatic heterocycles. The number of hydrogen-bond donors (Lipinski definition) is 1. The Balaban J connectivity index is 1.66. The van der Waals surface area contributed by atoms with Crippen molar-refractivity contribution in [2.45, 2.75) is 38.5 Å². The lowest BCUT2D eigenvalue weighted by Crippen LogP contribution is -2.41. The SMILES string of the molecule is Cc1cccc(S(=O)(=O)N2CCC(C(=O)Nc3c(C)cccc3C)CC2)c1. The van der Waals surface area contributed by atoms with E-state index in [1.54, 1.807) is 18.2 Å². The van der Waals surface area contributed by atoms with Gasteiger partial charge in [0.15, 0.2) is 0 Å². The number of nitrogens with one attached hydrogen (secondary N) is 1. The molecular weight excluding hydrogens is 360 g/mol. The van der Waals surface area contributed by atoms with Crippen LogP contribution in [-0.2, 0) is 14.8 Å². The second kappa shape index (κ2) is 7.82. The number of nitrogens with zero attached hydrogens (tertiary/aromatic N) is 1. The second-order valence-corrected chi connectivity index (χ2v) is 9.19. The molecule has 0 aliphatic carbocycles. The molecule has 3 rings (SSSR count). The van der Waals surface area contributed by atoms with Crippen molar-refractivity contribution in [3.8, 4) is 0 Å². The number of hydrogen-bond acceptors (Lipinski definition) is 3. The zero-order chi connectivity index (χ0) is 19.6. The summed E-state index contributed by atoms with van der Waals surface area (Å²) in [5.74, 6) is -0.201. The van der Waals surface area contributed by atoms with Crippen molar-refractivity contribution < 1.29 is 13.2 Å². The van der Waals surface area contributed by atoms with Crippen molar-refractivity contribution in [3.63, 3.8) is 0 Å². The number of para-hydroxylation sites is 1. The van der Waals surface area contributed by atoms with Crippen LogP contribution in [0.5, 0.6) is 0 Å². The third-order valence-electron chi connectivity index (χ3n) is 5.18. The highest BCUT2D eigenvalue weighted by atomic mass is 32.2. The average Bonchev–Trinajstić information content (AvgIpc) is 2.65. The van der Waals surface area contributed by atoms with E-state index >= 15 is 0 Å². The number of benzene rings is 2. The van der Waals surface area contributed by atoms with E-state index in [0.717, 1.165) is 22.4 Å². The minimum Gasteiger partial charge on any atom is -0.325 e. The van der Waals surface area contributed by atoms with Crippen LogP contribution in [0.1, 0.15) is 29.5 Å². The fourth-order valence-corrected chi connectivity index (χ4v) is 5.10. The van der Waals surface area contributed by atoms with Crippen LogP contribution in [0.15, 0.2) is 47.4 Å². The molecule has 0 saturated carbocycles. The second-order valence-electron chi connectivity index (χ2n) is 7.25. The molecule has 144 valence electrons. The smallest absolute Gasteiger partial charge is 0.243 e. The van der Waals surface area contributed by atoms with E-state index in [1.807, 2.05) is 45.0 Å². The molecule has 1 N–H and O–H groups in total. The van der Waals surface area contributed by atoms with Crippen molar-refractivity contribution in [2.75, 3.05) is 18.4 Å². The van der Waals surface area contributed by atoms with Gasteiger partial charge in [0, 0.05) is 24.7 Å². The molecule has 0 bridgehead atoms. The van der Waals surface area contributed by atoms with Gasteiger partial charge in [-0.25, -0.2) is 8.42 Å². The molecule has 0 spiro atoms. The van der Waals surface area contributed by atoms with E-state index in [2.05, 4.69) is 5.32 Å². The fourth-order valence-electron chi connectivity index (χ4n) is 3.52. The maximum absolute atomic E-state index is 12.8. The number of amides is 1. The predicted molar refractivity (Wildman–Crippen MR) is 107 cm³/mol. The Morgan fingerprint density at radius 3 is 2.19 bits per heavy atom. The number of rotatable bonds is 4. The lowest BCUT2D eigenvalue weighted by molar-refractivity contribution is -0.120. The highest BCUT2D eigenvalue weighted by molar-refractivity contribution is 7.89. The molecule has 5 nitrogen and oxygen atoms in total. The molecule has 27 heavy (non-hydrogen) atoms. The predicted octanol–water partition coefficient (Wildman–Crippen LogP) is 3.65. The monoisotopic (exact) mass is 386 g/mol. The van der Waals surface area contributed by atoms with Crippen LogP contribution in [0.3, 0.4) is 0 Å². The third kappa shape index (κ3) is 4.22.